The Balaban J connectivity index is 2.20. The number of nitrogens with one attached hydrogen (secondary N) is 2. The van der Waals surface area contributed by atoms with Gasteiger partial charge in [0.15, 0.2) is 5.96 Å². The zero-order valence-electron chi connectivity index (χ0n) is 11.9. The molecular weight excluding hydrogens is 274 g/mol. The number of thioether (sulfide) groups is 1. The molecule has 0 atom stereocenters. The minimum Gasteiger partial charge on any atom is -0.357 e. The summed E-state index contributed by atoms with van der Waals surface area (Å²) in [4.78, 5) is 6.01. The van der Waals surface area contributed by atoms with Gasteiger partial charge in [0, 0.05) is 24.5 Å². The van der Waals surface area contributed by atoms with Gasteiger partial charge in [0.05, 0.1) is 0 Å². The third-order valence-corrected chi connectivity index (χ3v) is 4.25. The molecule has 5 heteroatoms. The van der Waals surface area contributed by atoms with E-state index in [1.807, 2.05) is 23.1 Å². The van der Waals surface area contributed by atoms with Crippen LogP contribution in [0, 0.1) is 0 Å². The lowest BCUT2D eigenvalue weighted by molar-refractivity contribution is 0.773. The number of rotatable bonds is 9. The molecule has 108 valence electrons. The maximum Gasteiger partial charge on any atom is 0.191 e. The van der Waals surface area contributed by atoms with E-state index in [1.54, 1.807) is 0 Å². The first-order valence-electron chi connectivity index (χ1n) is 6.90. The van der Waals surface area contributed by atoms with Crippen LogP contribution in [0.5, 0.6) is 0 Å². The minimum absolute atomic E-state index is 0.912. The van der Waals surface area contributed by atoms with E-state index in [1.165, 1.54) is 23.5 Å². The molecule has 0 aliphatic rings. The number of nitrogens with zero attached hydrogens (tertiary/aromatic N) is 1. The van der Waals surface area contributed by atoms with Crippen LogP contribution in [0.2, 0.25) is 0 Å². The zero-order chi connectivity index (χ0) is 13.8. The topological polar surface area (TPSA) is 36.4 Å². The average Bonchev–Trinajstić information content (AvgIpc) is 2.91. The van der Waals surface area contributed by atoms with Crippen molar-refractivity contribution in [1.82, 2.24) is 10.6 Å². The van der Waals surface area contributed by atoms with Crippen molar-refractivity contribution < 1.29 is 0 Å². The van der Waals surface area contributed by atoms with Gasteiger partial charge in [-0.2, -0.15) is 11.8 Å². The second kappa shape index (κ2) is 11.2. The van der Waals surface area contributed by atoms with Crippen LogP contribution in [0.3, 0.4) is 0 Å². The summed E-state index contributed by atoms with van der Waals surface area (Å²) < 4.78 is 0. The van der Waals surface area contributed by atoms with Gasteiger partial charge in [0.2, 0.25) is 0 Å². The molecule has 0 spiro atoms. The average molecular weight is 300 g/mol. The summed E-state index contributed by atoms with van der Waals surface area (Å²) in [5, 5.41) is 8.81. The number of guanidine groups is 1. The van der Waals surface area contributed by atoms with Crippen LogP contribution in [0.1, 0.15) is 24.6 Å². The summed E-state index contributed by atoms with van der Waals surface area (Å²) in [6.45, 7) is 4.87. The Hall–Kier alpha value is -0.680. The first kappa shape index (κ1) is 16.4. The molecule has 1 aromatic rings. The minimum atomic E-state index is 0.912. The van der Waals surface area contributed by atoms with Gasteiger partial charge < -0.3 is 10.6 Å². The molecule has 1 rings (SSSR count). The highest BCUT2D eigenvalue weighted by Gasteiger charge is 1.98. The van der Waals surface area contributed by atoms with Crippen LogP contribution >= 0.6 is 23.1 Å². The number of hydrogen-bond donors (Lipinski definition) is 2. The Bertz CT molecular complexity index is 336. The van der Waals surface area contributed by atoms with E-state index in [-0.39, 0.29) is 0 Å². The van der Waals surface area contributed by atoms with Crippen molar-refractivity contribution in [2.24, 2.45) is 4.99 Å². The van der Waals surface area contributed by atoms with E-state index < -0.39 is 0 Å². The molecular formula is C14H25N3S2. The first-order valence-corrected chi connectivity index (χ1v) is 9.17. The number of unbranched alkanes of at least 4 members (excludes halogenated alkanes) is 1. The van der Waals surface area contributed by atoms with Crippen molar-refractivity contribution in [1.29, 1.82) is 0 Å². The fourth-order valence-electron chi connectivity index (χ4n) is 1.65. The van der Waals surface area contributed by atoms with Crippen LogP contribution in [0.4, 0.5) is 0 Å². The molecule has 0 radical (unpaired) electrons. The first-order chi connectivity index (χ1) is 9.36. The monoisotopic (exact) mass is 299 g/mol. The van der Waals surface area contributed by atoms with Crippen molar-refractivity contribution in [2.75, 3.05) is 31.6 Å². The van der Waals surface area contributed by atoms with E-state index in [0.29, 0.717) is 0 Å². The van der Waals surface area contributed by atoms with Crippen LogP contribution in [0.25, 0.3) is 0 Å². The van der Waals surface area contributed by atoms with Crippen LogP contribution in [-0.2, 0) is 6.42 Å². The van der Waals surface area contributed by atoms with E-state index in [4.69, 9.17) is 0 Å². The molecule has 0 unspecified atom stereocenters. The van der Waals surface area contributed by atoms with E-state index in [2.05, 4.69) is 46.3 Å². The molecule has 1 heterocycles. The lowest BCUT2D eigenvalue weighted by Crippen LogP contribution is -2.38. The van der Waals surface area contributed by atoms with Crippen molar-refractivity contribution in [3.05, 3.63) is 22.4 Å². The molecule has 1 aromatic heterocycles. The van der Waals surface area contributed by atoms with Gasteiger partial charge in [-0.15, -0.1) is 11.3 Å². The molecule has 19 heavy (non-hydrogen) atoms. The smallest absolute Gasteiger partial charge is 0.191 e. The quantitative estimate of drug-likeness (QED) is 0.418. The van der Waals surface area contributed by atoms with Gasteiger partial charge in [-0.1, -0.05) is 6.07 Å². The Kier molecular flexibility index (Phi) is 9.63. The normalized spacial score (nSPS) is 11.6. The standard InChI is InChI=1S/C14H25N3S2/c1-3-15-14(16-9-4-5-11-18-2)17-10-8-13-7-6-12-19-13/h6-7,12H,3-5,8-11H2,1-2H3,(H2,15,16,17). The Morgan fingerprint density at radius 3 is 2.95 bits per heavy atom. The van der Waals surface area contributed by atoms with Crippen LogP contribution < -0.4 is 10.6 Å². The van der Waals surface area contributed by atoms with Gasteiger partial charge in [-0.3, -0.25) is 4.99 Å². The van der Waals surface area contributed by atoms with E-state index in [9.17, 15) is 0 Å². The van der Waals surface area contributed by atoms with Gasteiger partial charge in [0.1, 0.15) is 0 Å². The molecule has 0 amide bonds. The molecule has 0 aromatic carbocycles. The second-order valence-electron chi connectivity index (χ2n) is 4.22. The maximum atomic E-state index is 4.59. The van der Waals surface area contributed by atoms with E-state index in [0.717, 1.165) is 32.0 Å². The SMILES string of the molecule is CCNC(=NCCCCSC)NCCc1cccs1. The van der Waals surface area contributed by atoms with Crippen LogP contribution in [-0.4, -0.2) is 37.6 Å². The highest BCUT2D eigenvalue weighted by atomic mass is 32.2. The van der Waals surface area contributed by atoms with Gasteiger partial charge in [0.25, 0.3) is 0 Å². The predicted molar refractivity (Wildman–Crippen MR) is 89.6 cm³/mol. The highest BCUT2D eigenvalue weighted by molar-refractivity contribution is 7.98. The summed E-state index contributed by atoms with van der Waals surface area (Å²) >= 11 is 3.72. The predicted octanol–water partition coefficient (Wildman–Crippen LogP) is 2.99. The number of hydrogen-bond acceptors (Lipinski definition) is 3. The molecule has 0 saturated heterocycles. The Morgan fingerprint density at radius 1 is 1.37 bits per heavy atom. The molecule has 0 bridgehead atoms. The lowest BCUT2D eigenvalue weighted by Gasteiger charge is -2.10. The lowest BCUT2D eigenvalue weighted by atomic mass is 10.3. The largest absolute Gasteiger partial charge is 0.357 e. The van der Waals surface area contributed by atoms with Gasteiger partial charge >= 0.3 is 0 Å². The summed E-state index contributed by atoms with van der Waals surface area (Å²) in [7, 11) is 0. The second-order valence-corrected chi connectivity index (χ2v) is 6.23. The van der Waals surface area contributed by atoms with E-state index >= 15 is 0 Å². The molecule has 0 aliphatic heterocycles. The highest BCUT2D eigenvalue weighted by Crippen LogP contribution is 2.07. The third kappa shape index (κ3) is 8.16. The number of thiophene rings is 1. The number of aliphatic imine (C=N–C) groups is 1. The van der Waals surface area contributed by atoms with Crippen molar-refractivity contribution in [3.8, 4) is 0 Å². The molecule has 3 nitrogen and oxygen atoms in total. The maximum absolute atomic E-state index is 4.59. The summed E-state index contributed by atoms with van der Waals surface area (Å²) in [5.41, 5.74) is 0. The van der Waals surface area contributed by atoms with Crippen LogP contribution in [0.15, 0.2) is 22.5 Å². The molecule has 0 saturated carbocycles. The zero-order valence-corrected chi connectivity index (χ0v) is 13.6. The summed E-state index contributed by atoms with van der Waals surface area (Å²) in [6.07, 6.45) is 5.63. The summed E-state index contributed by atoms with van der Waals surface area (Å²) in [6, 6.07) is 4.28. The van der Waals surface area contributed by atoms with Crippen molar-refractivity contribution in [3.63, 3.8) is 0 Å². The third-order valence-electron chi connectivity index (χ3n) is 2.61. The Labute approximate surface area is 125 Å². The summed E-state index contributed by atoms with van der Waals surface area (Å²) in [5.74, 6) is 2.18. The molecule has 0 aliphatic carbocycles. The molecule has 0 fully saturated rings. The van der Waals surface area contributed by atoms with Crippen molar-refractivity contribution >= 4 is 29.1 Å². The molecule has 2 N–H and O–H groups in total. The van der Waals surface area contributed by atoms with Gasteiger partial charge in [-0.05, 0) is 49.6 Å². The van der Waals surface area contributed by atoms with Crippen molar-refractivity contribution in [2.45, 2.75) is 26.2 Å². The van der Waals surface area contributed by atoms with Gasteiger partial charge in [-0.25, -0.2) is 0 Å². The fourth-order valence-corrected chi connectivity index (χ4v) is 2.85. The fraction of sp³-hybridized carbons (Fsp3) is 0.643. The Morgan fingerprint density at radius 2 is 2.26 bits per heavy atom.